The predicted molar refractivity (Wildman–Crippen MR) is 94.4 cm³/mol. The highest BCUT2D eigenvalue weighted by molar-refractivity contribution is 9.10. The van der Waals surface area contributed by atoms with Crippen LogP contribution in [-0.2, 0) is 4.79 Å². The summed E-state index contributed by atoms with van der Waals surface area (Å²) in [6, 6.07) is 9.53. The summed E-state index contributed by atoms with van der Waals surface area (Å²) >= 11 is 9.06. The molecule has 2 rings (SSSR count). The van der Waals surface area contributed by atoms with E-state index in [1.807, 2.05) is 25.1 Å². The molecule has 0 aliphatic carbocycles. The third-order valence-electron chi connectivity index (χ3n) is 2.87. The van der Waals surface area contributed by atoms with E-state index in [1.54, 1.807) is 6.08 Å². The summed E-state index contributed by atoms with van der Waals surface area (Å²) < 4.78 is 19.5. The number of benzene rings is 2. The summed E-state index contributed by atoms with van der Waals surface area (Å²) in [4.78, 5) is 11.9. The van der Waals surface area contributed by atoms with E-state index >= 15 is 0 Å². The first kappa shape index (κ1) is 17.5. The number of ether oxygens (including phenoxy) is 1. The molecule has 0 radical (unpaired) electrons. The van der Waals surface area contributed by atoms with E-state index < -0.39 is 5.82 Å². The summed E-state index contributed by atoms with van der Waals surface area (Å²) in [6.07, 6.45) is 3.03. The molecule has 0 unspecified atom stereocenters. The number of rotatable bonds is 5. The number of nitrogens with one attached hydrogen (secondary N) is 1. The van der Waals surface area contributed by atoms with Crippen molar-refractivity contribution in [2.24, 2.45) is 0 Å². The van der Waals surface area contributed by atoms with Gasteiger partial charge in [0.25, 0.3) is 0 Å². The van der Waals surface area contributed by atoms with Crippen LogP contribution in [-0.4, -0.2) is 12.5 Å². The van der Waals surface area contributed by atoms with Crippen LogP contribution < -0.4 is 10.1 Å². The van der Waals surface area contributed by atoms with E-state index in [-0.39, 0.29) is 10.9 Å². The fraction of sp³-hybridized carbons (Fsp3) is 0.118. The van der Waals surface area contributed by atoms with Crippen LogP contribution in [0.5, 0.6) is 5.75 Å². The van der Waals surface area contributed by atoms with Gasteiger partial charge in [0, 0.05) is 21.8 Å². The molecule has 0 heterocycles. The van der Waals surface area contributed by atoms with Crippen LogP contribution in [0.25, 0.3) is 6.08 Å². The van der Waals surface area contributed by atoms with E-state index in [2.05, 4.69) is 21.2 Å². The Hall–Kier alpha value is -1.85. The second-order valence-corrected chi connectivity index (χ2v) is 5.89. The molecule has 1 N–H and O–H groups in total. The largest absolute Gasteiger partial charge is 0.493 e. The first-order valence-corrected chi connectivity index (χ1v) is 8.03. The van der Waals surface area contributed by atoms with Crippen molar-refractivity contribution in [1.29, 1.82) is 0 Å². The zero-order chi connectivity index (χ0) is 16.8. The van der Waals surface area contributed by atoms with Gasteiger partial charge in [-0.15, -0.1) is 0 Å². The summed E-state index contributed by atoms with van der Waals surface area (Å²) in [5.74, 6) is -0.199. The van der Waals surface area contributed by atoms with Gasteiger partial charge in [0.05, 0.1) is 11.6 Å². The fourth-order valence-corrected chi connectivity index (χ4v) is 2.42. The van der Waals surface area contributed by atoms with Gasteiger partial charge in [0.2, 0.25) is 5.91 Å². The van der Waals surface area contributed by atoms with Gasteiger partial charge in [0.15, 0.2) is 0 Å². The maximum atomic E-state index is 13.1. The number of hydrogen-bond acceptors (Lipinski definition) is 2. The molecule has 0 saturated heterocycles. The summed E-state index contributed by atoms with van der Waals surface area (Å²) in [5.41, 5.74) is 1.19. The predicted octanol–water partition coefficient (Wildman–Crippen LogP) is 5.29. The van der Waals surface area contributed by atoms with Gasteiger partial charge >= 0.3 is 0 Å². The minimum Gasteiger partial charge on any atom is -0.493 e. The van der Waals surface area contributed by atoms with Crippen molar-refractivity contribution in [3.63, 3.8) is 0 Å². The Bertz CT molecular complexity index is 749. The average Bonchev–Trinajstić information content (AvgIpc) is 2.51. The minimum atomic E-state index is -0.532. The number of anilines is 1. The lowest BCUT2D eigenvalue weighted by Crippen LogP contribution is -2.07. The number of halogens is 3. The first-order chi connectivity index (χ1) is 11.0. The van der Waals surface area contributed by atoms with Crippen molar-refractivity contribution >= 4 is 45.2 Å². The summed E-state index contributed by atoms with van der Waals surface area (Å²) in [5, 5.41) is 2.57. The molecular formula is C17H14BrClFNO2. The van der Waals surface area contributed by atoms with Crippen molar-refractivity contribution in [2.75, 3.05) is 11.9 Å². The maximum absolute atomic E-state index is 13.1. The molecule has 0 aromatic heterocycles. The molecule has 0 spiro atoms. The SMILES string of the molecule is CCOc1ccc(Br)cc1C=CC(=O)Nc1ccc(F)c(Cl)c1. The number of amides is 1. The highest BCUT2D eigenvalue weighted by Gasteiger charge is 2.05. The third kappa shape index (κ3) is 5.08. The summed E-state index contributed by atoms with van der Waals surface area (Å²) in [6.45, 7) is 2.42. The molecular weight excluding hydrogens is 385 g/mol. The Balaban J connectivity index is 2.11. The second kappa shape index (κ2) is 8.13. The molecule has 23 heavy (non-hydrogen) atoms. The average molecular weight is 399 g/mol. The van der Waals surface area contributed by atoms with E-state index in [0.29, 0.717) is 18.0 Å². The van der Waals surface area contributed by atoms with Gasteiger partial charge in [0.1, 0.15) is 11.6 Å². The normalized spacial score (nSPS) is 10.8. The molecule has 1 amide bonds. The molecule has 6 heteroatoms. The fourth-order valence-electron chi connectivity index (χ4n) is 1.86. The lowest BCUT2D eigenvalue weighted by atomic mass is 10.2. The van der Waals surface area contributed by atoms with Gasteiger partial charge in [-0.2, -0.15) is 0 Å². The van der Waals surface area contributed by atoms with Crippen LogP contribution in [0.1, 0.15) is 12.5 Å². The second-order valence-electron chi connectivity index (χ2n) is 4.57. The van der Waals surface area contributed by atoms with Crippen molar-refractivity contribution in [1.82, 2.24) is 0 Å². The van der Waals surface area contributed by atoms with Gasteiger partial charge in [-0.1, -0.05) is 27.5 Å². The van der Waals surface area contributed by atoms with Gasteiger partial charge in [-0.05, 0) is 49.4 Å². The van der Waals surface area contributed by atoms with Crippen LogP contribution in [0.15, 0.2) is 46.9 Å². The molecule has 120 valence electrons. The molecule has 0 aliphatic heterocycles. The lowest BCUT2D eigenvalue weighted by Gasteiger charge is -2.07. The number of carbonyl (C=O) groups is 1. The topological polar surface area (TPSA) is 38.3 Å². The van der Waals surface area contributed by atoms with Crippen molar-refractivity contribution in [3.8, 4) is 5.75 Å². The van der Waals surface area contributed by atoms with E-state index in [0.717, 1.165) is 10.0 Å². The highest BCUT2D eigenvalue weighted by Crippen LogP contribution is 2.25. The Morgan fingerprint density at radius 3 is 2.83 bits per heavy atom. The molecule has 0 saturated carbocycles. The van der Waals surface area contributed by atoms with Crippen molar-refractivity contribution < 1.29 is 13.9 Å². The molecule has 0 atom stereocenters. The smallest absolute Gasteiger partial charge is 0.248 e. The third-order valence-corrected chi connectivity index (χ3v) is 3.66. The maximum Gasteiger partial charge on any atom is 0.248 e. The minimum absolute atomic E-state index is 0.0441. The number of carbonyl (C=O) groups excluding carboxylic acids is 1. The standard InChI is InChI=1S/C17H14BrClFNO2/c1-2-23-16-7-4-12(18)9-11(16)3-8-17(22)21-13-5-6-15(20)14(19)10-13/h3-10H,2H2,1H3,(H,21,22). The molecule has 0 bridgehead atoms. The molecule has 0 aliphatic rings. The first-order valence-electron chi connectivity index (χ1n) is 6.86. The van der Waals surface area contributed by atoms with Crippen LogP contribution >= 0.6 is 27.5 Å². The van der Waals surface area contributed by atoms with Crippen LogP contribution in [0.3, 0.4) is 0 Å². The van der Waals surface area contributed by atoms with Crippen molar-refractivity contribution in [2.45, 2.75) is 6.92 Å². The number of hydrogen-bond donors (Lipinski definition) is 1. The highest BCUT2D eigenvalue weighted by atomic mass is 79.9. The van der Waals surface area contributed by atoms with Gasteiger partial charge in [-0.25, -0.2) is 4.39 Å². The van der Waals surface area contributed by atoms with Gasteiger partial charge < -0.3 is 10.1 Å². The summed E-state index contributed by atoms with van der Waals surface area (Å²) in [7, 11) is 0. The Labute approximate surface area is 147 Å². The van der Waals surface area contributed by atoms with E-state index in [4.69, 9.17) is 16.3 Å². The zero-order valence-corrected chi connectivity index (χ0v) is 14.6. The van der Waals surface area contributed by atoms with Gasteiger partial charge in [-0.3, -0.25) is 4.79 Å². The Kier molecular flexibility index (Phi) is 6.19. The molecule has 3 nitrogen and oxygen atoms in total. The van der Waals surface area contributed by atoms with Crippen LogP contribution in [0, 0.1) is 5.82 Å². The van der Waals surface area contributed by atoms with Crippen molar-refractivity contribution in [3.05, 3.63) is 63.4 Å². The molecule has 2 aromatic rings. The van der Waals surface area contributed by atoms with Crippen LogP contribution in [0.4, 0.5) is 10.1 Å². The van der Waals surface area contributed by atoms with E-state index in [9.17, 15) is 9.18 Å². The molecule has 0 fully saturated rings. The van der Waals surface area contributed by atoms with Crippen LogP contribution in [0.2, 0.25) is 5.02 Å². The quantitative estimate of drug-likeness (QED) is 0.695. The molecule has 2 aromatic carbocycles. The Morgan fingerprint density at radius 2 is 2.13 bits per heavy atom. The van der Waals surface area contributed by atoms with E-state index in [1.165, 1.54) is 24.3 Å². The lowest BCUT2D eigenvalue weighted by molar-refractivity contribution is -0.111. The Morgan fingerprint density at radius 1 is 1.35 bits per heavy atom. The monoisotopic (exact) mass is 397 g/mol. The zero-order valence-electron chi connectivity index (χ0n) is 12.3.